The summed E-state index contributed by atoms with van der Waals surface area (Å²) in [5.41, 5.74) is 2.38. The van der Waals surface area contributed by atoms with Crippen LogP contribution in [0.5, 0.6) is 0 Å². The lowest BCUT2D eigenvalue weighted by atomic mass is 10.1. The van der Waals surface area contributed by atoms with Crippen molar-refractivity contribution >= 4 is 5.69 Å². The minimum absolute atomic E-state index is 0.247. The van der Waals surface area contributed by atoms with E-state index in [0.29, 0.717) is 6.04 Å². The molecular formula is C12H19NO. The highest BCUT2D eigenvalue weighted by molar-refractivity contribution is 5.45. The molecule has 0 aliphatic carbocycles. The van der Waals surface area contributed by atoms with Gasteiger partial charge in [-0.1, -0.05) is 17.7 Å². The monoisotopic (exact) mass is 193 g/mol. The topological polar surface area (TPSA) is 32.3 Å². The van der Waals surface area contributed by atoms with Crippen molar-refractivity contribution in [2.75, 3.05) is 5.32 Å². The summed E-state index contributed by atoms with van der Waals surface area (Å²) in [7, 11) is 0. The fraction of sp³-hybridized carbons (Fsp3) is 0.500. The van der Waals surface area contributed by atoms with Crippen LogP contribution in [-0.2, 0) is 0 Å². The molecule has 0 bridgehead atoms. The molecule has 0 saturated heterocycles. The molecule has 2 N–H and O–H groups in total. The minimum Gasteiger partial charge on any atom is -0.393 e. The van der Waals surface area contributed by atoms with E-state index in [4.69, 9.17) is 0 Å². The first-order valence-electron chi connectivity index (χ1n) is 5.09. The van der Waals surface area contributed by atoms with Gasteiger partial charge >= 0.3 is 0 Å². The maximum atomic E-state index is 9.20. The quantitative estimate of drug-likeness (QED) is 0.770. The van der Waals surface area contributed by atoms with Gasteiger partial charge in [-0.15, -0.1) is 0 Å². The summed E-state index contributed by atoms with van der Waals surface area (Å²) < 4.78 is 0. The first kappa shape index (κ1) is 11.1. The molecule has 78 valence electrons. The summed E-state index contributed by atoms with van der Waals surface area (Å²) in [5, 5.41) is 12.5. The average molecular weight is 193 g/mol. The number of anilines is 1. The lowest BCUT2D eigenvalue weighted by Crippen LogP contribution is -2.20. The summed E-state index contributed by atoms with van der Waals surface area (Å²) in [6, 6.07) is 8.59. The third-order valence-electron chi connectivity index (χ3n) is 2.16. The molecule has 1 rings (SSSR count). The molecule has 2 unspecified atom stereocenters. The van der Waals surface area contributed by atoms with Gasteiger partial charge in [-0.3, -0.25) is 0 Å². The molecule has 0 aliphatic heterocycles. The van der Waals surface area contributed by atoms with Gasteiger partial charge in [-0.25, -0.2) is 0 Å². The van der Waals surface area contributed by atoms with E-state index < -0.39 is 0 Å². The summed E-state index contributed by atoms with van der Waals surface area (Å²) >= 11 is 0. The average Bonchev–Trinajstić information content (AvgIpc) is 2.07. The Morgan fingerprint density at radius 1 is 1.21 bits per heavy atom. The number of rotatable bonds is 4. The number of hydrogen-bond donors (Lipinski definition) is 2. The Morgan fingerprint density at radius 3 is 2.29 bits per heavy atom. The SMILES string of the molecule is Cc1ccc(NC(C)CC(C)O)cc1. The second kappa shape index (κ2) is 5.01. The van der Waals surface area contributed by atoms with E-state index in [-0.39, 0.29) is 6.10 Å². The predicted octanol–water partition coefficient (Wildman–Crippen LogP) is 2.57. The third kappa shape index (κ3) is 3.79. The van der Waals surface area contributed by atoms with Gasteiger partial charge in [0.15, 0.2) is 0 Å². The Balaban J connectivity index is 2.47. The number of benzene rings is 1. The molecular weight excluding hydrogens is 174 g/mol. The molecule has 1 aromatic carbocycles. The predicted molar refractivity (Wildman–Crippen MR) is 60.6 cm³/mol. The van der Waals surface area contributed by atoms with E-state index in [0.717, 1.165) is 12.1 Å². The number of hydrogen-bond acceptors (Lipinski definition) is 2. The minimum atomic E-state index is -0.247. The maximum absolute atomic E-state index is 9.20. The van der Waals surface area contributed by atoms with E-state index in [9.17, 15) is 5.11 Å². The van der Waals surface area contributed by atoms with Crippen LogP contribution in [0.1, 0.15) is 25.8 Å². The van der Waals surface area contributed by atoms with E-state index in [1.807, 2.05) is 6.92 Å². The third-order valence-corrected chi connectivity index (χ3v) is 2.16. The summed E-state index contributed by atoms with van der Waals surface area (Å²) in [6.45, 7) is 5.96. The molecule has 14 heavy (non-hydrogen) atoms. The lowest BCUT2D eigenvalue weighted by Gasteiger charge is -2.16. The molecule has 0 heterocycles. The smallest absolute Gasteiger partial charge is 0.0531 e. The van der Waals surface area contributed by atoms with Crippen molar-refractivity contribution < 1.29 is 5.11 Å². The van der Waals surface area contributed by atoms with Crippen molar-refractivity contribution in [2.24, 2.45) is 0 Å². The van der Waals surface area contributed by atoms with Gasteiger partial charge in [0.25, 0.3) is 0 Å². The van der Waals surface area contributed by atoms with E-state index in [1.54, 1.807) is 0 Å². The molecule has 2 atom stereocenters. The molecule has 0 saturated carbocycles. The van der Waals surface area contributed by atoms with Gasteiger partial charge in [0.1, 0.15) is 0 Å². The standard InChI is InChI=1S/C12H19NO/c1-9-4-6-12(7-5-9)13-10(2)8-11(3)14/h4-7,10-11,13-14H,8H2,1-3H3. The fourth-order valence-corrected chi connectivity index (χ4v) is 1.50. The van der Waals surface area contributed by atoms with Crippen molar-refractivity contribution in [3.63, 3.8) is 0 Å². The van der Waals surface area contributed by atoms with Crippen molar-refractivity contribution in [3.8, 4) is 0 Å². The van der Waals surface area contributed by atoms with Crippen LogP contribution >= 0.6 is 0 Å². The van der Waals surface area contributed by atoms with Crippen LogP contribution in [0.4, 0.5) is 5.69 Å². The number of aliphatic hydroxyl groups is 1. The van der Waals surface area contributed by atoms with Crippen LogP contribution < -0.4 is 5.32 Å². The molecule has 0 aliphatic rings. The zero-order valence-electron chi connectivity index (χ0n) is 9.12. The van der Waals surface area contributed by atoms with E-state index >= 15 is 0 Å². The lowest BCUT2D eigenvalue weighted by molar-refractivity contribution is 0.179. The van der Waals surface area contributed by atoms with Gasteiger partial charge in [-0.2, -0.15) is 0 Å². The van der Waals surface area contributed by atoms with E-state index in [2.05, 4.69) is 43.4 Å². The van der Waals surface area contributed by atoms with Crippen LogP contribution in [0, 0.1) is 6.92 Å². The molecule has 2 nitrogen and oxygen atoms in total. The van der Waals surface area contributed by atoms with Crippen LogP contribution in [0.15, 0.2) is 24.3 Å². The Labute approximate surface area is 86.0 Å². The van der Waals surface area contributed by atoms with Crippen molar-refractivity contribution in [1.29, 1.82) is 0 Å². The zero-order valence-corrected chi connectivity index (χ0v) is 9.12. The van der Waals surface area contributed by atoms with Gasteiger partial charge in [0, 0.05) is 11.7 Å². The summed E-state index contributed by atoms with van der Waals surface area (Å²) in [6.07, 6.45) is 0.524. The molecule has 0 fully saturated rings. The van der Waals surface area contributed by atoms with Crippen molar-refractivity contribution in [3.05, 3.63) is 29.8 Å². The molecule has 0 spiro atoms. The highest BCUT2D eigenvalue weighted by Gasteiger charge is 2.05. The first-order chi connectivity index (χ1) is 6.58. The molecule has 0 radical (unpaired) electrons. The van der Waals surface area contributed by atoms with Gasteiger partial charge in [0.05, 0.1) is 6.10 Å². The molecule has 0 amide bonds. The second-order valence-corrected chi connectivity index (χ2v) is 4.00. The Bertz CT molecular complexity index is 266. The fourth-order valence-electron chi connectivity index (χ4n) is 1.50. The maximum Gasteiger partial charge on any atom is 0.0531 e. The van der Waals surface area contributed by atoms with Gasteiger partial charge in [-0.05, 0) is 39.3 Å². The molecule has 0 aromatic heterocycles. The molecule has 1 aromatic rings. The van der Waals surface area contributed by atoms with Crippen LogP contribution in [0.2, 0.25) is 0 Å². The van der Waals surface area contributed by atoms with Crippen LogP contribution in [0.25, 0.3) is 0 Å². The Hall–Kier alpha value is -1.02. The number of nitrogens with one attached hydrogen (secondary N) is 1. The highest BCUT2D eigenvalue weighted by Crippen LogP contribution is 2.11. The summed E-state index contributed by atoms with van der Waals surface area (Å²) in [4.78, 5) is 0. The van der Waals surface area contributed by atoms with Crippen LogP contribution in [0.3, 0.4) is 0 Å². The normalized spacial score (nSPS) is 14.9. The van der Waals surface area contributed by atoms with Gasteiger partial charge in [0.2, 0.25) is 0 Å². The largest absolute Gasteiger partial charge is 0.393 e. The Kier molecular flexibility index (Phi) is 3.96. The highest BCUT2D eigenvalue weighted by atomic mass is 16.3. The first-order valence-corrected chi connectivity index (χ1v) is 5.09. The number of aryl methyl sites for hydroxylation is 1. The van der Waals surface area contributed by atoms with E-state index in [1.165, 1.54) is 5.56 Å². The van der Waals surface area contributed by atoms with Crippen molar-refractivity contribution in [2.45, 2.75) is 39.3 Å². The zero-order chi connectivity index (χ0) is 10.6. The Morgan fingerprint density at radius 2 is 1.79 bits per heavy atom. The molecule has 2 heteroatoms. The summed E-state index contributed by atoms with van der Waals surface area (Å²) in [5.74, 6) is 0. The van der Waals surface area contributed by atoms with Gasteiger partial charge < -0.3 is 10.4 Å². The number of aliphatic hydroxyl groups excluding tert-OH is 1. The second-order valence-electron chi connectivity index (χ2n) is 4.00. The van der Waals surface area contributed by atoms with Crippen LogP contribution in [-0.4, -0.2) is 17.3 Å². The van der Waals surface area contributed by atoms with Crippen molar-refractivity contribution in [1.82, 2.24) is 0 Å².